The summed E-state index contributed by atoms with van der Waals surface area (Å²) < 4.78 is 17.1. The SMILES string of the molecule is Cc1ccc(-n2c(N)nc3cc(I)c(F)cc32)cc1Br. The van der Waals surface area contributed by atoms with Gasteiger partial charge >= 0.3 is 0 Å². The summed E-state index contributed by atoms with van der Waals surface area (Å²) in [5, 5.41) is 0. The molecule has 2 N–H and O–H groups in total. The summed E-state index contributed by atoms with van der Waals surface area (Å²) in [7, 11) is 0. The van der Waals surface area contributed by atoms with Gasteiger partial charge in [-0.3, -0.25) is 4.57 Å². The highest BCUT2D eigenvalue weighted by molar-refractivity contribution is 14.1. The predicted octanol–water partition coefficient (Wildman–Crippen LogP) is 4.42. The fraction of sp³-hybridized carbons (Fsp3) is 0.0714. The van der Waals surface area contributed by atoms with E-state index in [1.807, 2.05) is 47.7 Å². The lowest BCUT2D eigenvalue weighted by atomic mass is 10.2. The number of nitrogens with two attached hydrogens (primary N) is 1. The highest BCUT2D eigenvalue weighted by Crippen LogP contribution is 2.28. The van der Waals surface area contributed by atoms with E-state index in [9.17, 15) is 4.39 Å². The zero-order chi connectivity index (χ0) is 14.4. The van der Waals surface area contributed by atoms with E-state index < -0.39 is 0 Å². The fourth-order valence-electron chi connectivity index (χ4n) is 2.08. The van der Waals surface area contributed by atoms with Crippen LogP contribution in [0.15, 0.2) is 34.8 Å². The Kier molecular flexibility index (Phi) is 3.45. The second-order valence-electron chi connectivity index (χ2n) is 4.49. The molecule has 0 atom stereocenters. The van der Waals surface area contributed by atoms with E-state index in [1.54, 1.807) is 10.6 Å². The van der Waals surface area contributed by atoms with Crippen molar-refractivity contribution in [3.63, 3.8) is 0 Å². The third-order valence-corrected chi connectivity index (χ3v) is 4.82. The van der Waals surface area contributed by atoms with Crippen LogP contribution in [0.1, 0.15) is 5.56 Å². The van der Waals surface area contributed by atoms with Crippen molar-refractivity contribution in [3.05, 3.63) is 49.8 Å². The minimum Gasteiger partial charge on any atom is -0.369 e. The van der Waals surface area contributed by atoms with Gasteiger partial charge in [-0.2, -0.15) is 0 Å². The summed E-state index contributed by atoms with van der Waals surface area (Å²) in [4.78, 5) is 4.30. The van der Waals surface area contributed by atoms with Crippen LogP contribution in [0.3, 0.4) is 0 Å². The molecule has 0 amide bonds. The van der Waals surface area contributed by atoms with Crippen LogP contribution in [0.25, 0.3) is 16.7 Å². The molecule has 2 aromatic carbocycles. The first-order chi connectivity index (χ1) is 9.47. The molecule has 102 valence electrons. The van der Waals surface area contributed by atoms with Crippen LogP contribution in [-0.2, 0) is 0 Å². The second kappa shape index (κ2) is 5.00. The summed E-state index contributed by atoms with van der Waals surface area (Å²) in [6, 6.07) is 9.03. The second-order valence-corrected chi connectivity index (χ2v) is 6.51. The van der Waals surface area contributed by atoms with Crippen LogP contribution in [-0.4, -0.2) is 9.55 Å². The molecule has 3 aromatic rings. The van der Waals surface area contributed by atoms with Gasteiger partial charge in [0, 0.05) is 10.5 Å². The first-order valence-electron chi connectivity index (χ1n) is 5.87. The smallest absolute Gasteiger partial charge is 0.205 e. The molecule has 0 saturated carbocycles. The number of anilines is 1. The third kappa shape index (κ3) is 2.20. The molecule has 0 radical (unpaired) electrons. The lowest BCUT2D eigenvalue weighted by Gasteiger charge is -2.08. The molecule has 0 unspecified atom stereocenters. The summed E-state index contributed by atoms with van der Waals surface area (Å²) in [5.74, 6) is 0.0718. The molecule has 6 heteroatoms. The van der Waals surface area contributed by atoms with Crippen molar-refractivity contribution < 1.29 is 4.39 Å². The number of nitrogen functional groups attached to an aromatic ring is 1. The molecule has 0 spiro atoms. The maximum absolute atomic E-state index is 13.8. The predicted molar refractivity (Wildman–Crippen MR) is 90.6 cm³/mol. The van der Waals surface area contributed by atoms with Crippen LogP contribution in [0.5, 0.6) is 0 Å². The molecule has 1 aromatic heterocycles. The number of nitrogens with zero attached hydrogens (tertiary/aromatic N) is 2. The Labute approximate surface area is 137 Å². The first kappa shape index (κ1) is 13.8. The van der Waals surface area contributed by atoms with Crippen molar-refractivity contribution in [2.75, 3.05) is 5.73 Å². The Morgan fingerprint density at radius 1 is 1.30 bits per heavy atom. The van der Waals surface area contributed by atoms with Gasteiger partial charge in [0.1, 0.15) is 5.82 Å². The van der Waals surface area contributed by atoms with Crippen molar-refractivity contribution in [2.24, 2.45) is 0 Å². The molecule has 0 bridgehead atoms. The fourth-order valence-corrected chi connectivity index (χ4v) is 2.90. The van der Waals surface area contributed by atoms with Crippen molar-refractivity contribution in [2.45, 2.75) is 6.92 Å². The molecule has 3 nitrogen and oxygen atoms in total. The standard InChI is InChI=1S/C14H10BrFIN3/c1-7-2-3-8(4-9(7)15)20-13-5-10(16)11(17)6-12(13)19-14(20)18/h2-6H,1H3,(H2,18,19). The van der Waals surface area contributed by atoms with E-state index in [4.69, 9.17) is 5.73 Å². The Hall–Kier alpha value is -1.15. The van der Waals surface area contributed by atoms with Gasteiger partial charge in [0.05, 0.1) is 20.3 Å². The first-order valence-corrected chi connectivity index (χ1v) is 7.74. The molecule has 20 heavy (non-hydrogen) atoms. The Morgan fingerprint density at radius 2 is 2.05 bits per heavy atom. The average Bonchev–Trinajstić information content (AvgIpc) is 2.69. The topological polar surface area (TPSA) is 43.8 Å². The number of imidazole rings is 1. The lowest BCUT2D eigenvalue weighted by molar-refractivity contribution is 0.622. The highest BCUT2D eigenvalue weighted by Gasteiger charge is 2.13. The van der Waals surface area contributed by atoms with Gasteiger partial charge in [-0.15, -0.1) is 0 Å². The number of benzene rings is 2. The highest BCUT2D eigenvalue weighted by atomic mass is 127. The van der Waals surface area contributed by atoms with E-state index in [-0.39, 0.29) is 5.82 Å². The molecule has 0 saturated heterocycles. The zero-order valence-electron chi connectivity index (χ0n) is 10.5. The molecular formula is C14H10BrFIN3. The lowest BCUT2D eigenvalue weighted by Crippen LogP contribution is -2.01. The van der Waals surface area contributed by atoms with Crippen molar-refractivity contribution in [3.8, 4) is 5.69 Å². The molecule has 0 aliphatic carbocycles. The van der Waals surface area contributed by atoms with E-state index >= 15 is 0 Å². The van der Waals surface area contributed by atoms with Crippen molar-refractivity contribution in [1.29, 1.82) is 0 Å². The van der Waals surface area contributed by atoms with Crippen LogP contribution < -0.4 is 5.73 Å². The number of rotatable bonds is 1. The van der Waals surface area contributed by atoms with Gasteiger partial charge in [-0.25, -0.2) is 9.37 Å². The largest absolute Gasteiger partial charge is 0.369 e. The van der Waals surface area contributed by atoms with Gasteiger partial charge in [0.25, 0.3) is 0 Å². The quantitative estimate of drug-likeness (QED) is 0.563. The number of fused-ring (bicyclic) bond motifs is 1. The molecular weight excluding hydrogens is 436 g/mol. The third-order valence-electron chi connectivity index (χ3n) is 3.14. The minimum atomic E-state index is -0.273. The van der Waals surface area contributed by atoms with Gasteiger partial charge in [0.15, 0.2) is 0 Å². The minimum absolute atomic E-state index is 0.273. The van der Waals surface area contributed by atoms with Crippen LogP contribution in [0.2, 0.25) is 0 Å². The summed E-state index contributed by atoms with van der Waals surface area (Å²) >= 11 is 5.44. The van der Waals surface area contributed by atoms with Gasteiger partial charge in [-0.05, 0) is 53.3 Å². The number of hydrogen-bond donors (Lipinski definition) is 1. The van der Waals surface area contributed by atoms with E-state index in [0.29, 0.717) is 20.6 Å². The monoisotopic (exact) mass is 445 g/mol. The van der Waals surface area contributed by atoms with Gasteiger partial charge < -0.3 is 5.73 Å². The van der Waals surface area contributed by atoms with Crippen LogP contribution in [0.4, 0.5) is 10.3 Å². The van der Waals surface area contributed by atoms with Gasteiger partial charge in [-0.1, -0.05) is 22.0 Å². The molecule has 0 fully saturated rings. The maximum Gasteiger partial charge on any atom is 0.205 e. The van der Waals surface area contributed by atoms with E-state index in [1.165, 1.54) is 6.07 Å². The maximum atomic E-state index is 13.8. The number of hydrogen-bond acceptors (Lipinski definition) is 2. The molecule has 0 aliphatic heterocycles. The van der Waals surface area contributed by atoms with Crippen molar-refractivity contribution in [1.82, 2.24) is 9.55 Å². The number of aryl methyl sites for hydroxylation is 1. The van der Waals surface area contributed by atoms with Gasteiger partial charge in [0.2, 0.25) is 5.95 Å². The van der Waals surface area contributed by atoms with Crippen LogP contribution >= 0.6 is 38.5 Å². The Bertz CT molecular complexity index is 829. The Morgan fingerprint density at radius 3 is 2.75 bits per heavy atom. The molecule has 0 aliphatic rings. The van der Waals surface area contributed by atoms with Crippen LogP contribution in [0, 0.1) is 16.3 Å². The summed E-state index contributed by atoms with van der Waals surface area (Å²) in [6.45, 7) is 2.01. The zero-order valence-corrected chi connectivity index (χ0v) is 14.2. The molecule has 3 rings (SSSR count). The van der Waals surface area contributed by atoms with Crippen molar-refractivity contribution >= 4 is 55.5 Å². The Balaban J connectivity index is 2.32. The summed E-state index contributed by atoms with van der Waals surface area (Å²) in [6.07, 6.45) is 0. The van der Waals surface area contributed by atoms with E-state index in [0.717, 1.165) is 15.7 Å². The average molecular weight is 446 g/mol. The summed E-state index contributed by atoms with van der Waals surface area (Å²) in [5.41, 5.74) is 9.31. The molecule has 1 heterocycles. The number of halogens is 3. The van der Waals surface area contributed by atoms with E-state index in [2.05, 4.69) is 20.9 Å². The number of aromatic nitrogens is 2. The normalized spacial score (nSPS) is 11.2.